The molecule has 1 aliphatic rings. The standard InChI is InChI=1S/C13H15ClN2O3/c14-12-4-3-11(13(6-12)16(18)19)8-15-5-1-2-10(7-15)9-17/h3-4,6,9-10H,1-2,5,7-8H2. The van der Waals surface area contributed by atoms with Crippen molar-refractivity contribution < 1.29 is 9.72 Å². The van der Waals surface area contributed by atoms with Crippen molar-refractivity contribution in [2.75, 3.05) is 13.1 Å². The maximum absolute atomic E-state index is 11.0. The molecule has 0 bridgehead atoms. The zero-order valence-electron chi connectivity index (χ0n) is 10.4. The first-order valence-corrected chi connectivity index (χ1v) is 6.58. The summed E-state index contributed by atoms with van der Waals surface area (Å²) in [5, 5.41) is 11.4. The fraction of sp³-hybridized carbons (Fsp3) is 0.462. The fourth-order valence-corrected chi connectivity index (χ4v) is 2.59. The number of likely N-dealkylation sites (tertiary alicyclic amines) is 1. The van der Waals surface area contributed by atoms with Gasteiger partial charge in [-0.2, -0.15) is 0 Å². The van der Waals surface area contributed by atoms with Gasteiger partial charge in [-0.3, -0.25) is 15.0 Å². The van der Waals surface area contributed by atoms with Crippen LogP contribution in [-0.4, -0.2) is 29.2 Å². The number of carbonyl (C=O) groups is 1. The highest BCUT2D eigenvalue weighted by atomic mass is 35.5. The maximum Gasteiger partial charge on any atom is 0.275 e. The molecule has 102 valence electrons. The quantitative estimate of drug-likeness (QED) is 0.484. The SMILES string of the molecule is O=CC1CCCN(Cc2ccc(Cl)cc2[N+](=O)[O-])C1. The van der Waals surface area contributed by atoms with Crippen LogP contribution in [-0.2, 0) is 11.3 Å². The summed E-state index contributed by atoms with van der Waals surface area (Å²) < 4.78 is 0. The van der Waals surface area contributed by atoms with Crippen molar-refractivity contribution in [1.82, 2.24) is 4.90 Å². The predicted octanol–water partition coefficient (Wildman–Crippen LogP) is 2.66. The molecule has 19 heavy (non-hydrogen) atoms. The summed E-state index contributed by atoms with van der Waals surface area (Å²) in [4.78, 5) is 23.5. The van der Waals surface area contributed by atoms with Crippen LogP contribution < -0.4 is 0 Å². The van der Waals surface area contributed by atoms with Gasteiger partial charge >= 0.3 is 0 Å². The van der Waals surface area contributed by atoms with Crippen LogP contribution in [0.4, 0.5) is 5.69 Å². The van der Waals surface area contributed by atoms with Crippen LogP contribution in [0.15, 0.2) is 18.2 Å². The van der Waals surface area contributed by atoms with E-state index in [0.29, 0.717) is 23.7 Å². The van der Waals surface area contributed by atoms with Crippen LogP contribution in [0, 0.1) is 16.0 Å². The summed E-state index contributed by atoms with van der Waals surface area (Å²) in [5.74, 6) is 0.0418. The van der Waals surface area contributed by atoms with E-state index in [-0.39, 0.29) is 11.6 Å². The number of nitro groups is 1. The van der Waals surface area contributed by atoms with Gasteiger partial charge < -0.3 is 4.79 Å². The lowest BCUT2D eigenvalue weighted by Gasteiger charge is -2.29. The van der Waals surface area contributed by atoms with Crippen molar-refractivity contribution in [3.8, 4) is 0 Å². The molecule has 1 aliphatic heterocycles. The van der Waals surface area contributed by atoms with Crippen LogP contribution in [0.2, 0.25) is 5.02 Å². The molecule has 5 nitrogen and oxygen atoms in total. The molecule has 1 heterocycles. The van der Waals surface area contributed by atoms with E-state index in [2.05, 4.69) is 4.90 Å². The molecule has 0 aliphatic carbocycles. The molecule has 0 radical (unpaired) electrons. The Morgan fingerprint density at radius 1 is 1.53 bits per heavy atom. The van der Waals surface area contributed by atoms with Crippen LogP contribution in [0.25, 0.3) is 0 Å². The molecule has 2 rings (SSSR count). The van der Waals surface area contributed by atoms with Gasteiger partial charge in [0.2, 0.25) is 0 Å². The minimum Gasteiger partial charge on any atom is -0.303 e. The van der Waals surface area contributed by atoms with E-state index in [9.17, 15) is 14.9 Å². The third kappa shape index (κ3) is 3.52. The van der Waals surface area contributed by atoms with E-state index in [1.807, 2.05) is 0 Å². The topological polar surface area (TPSA) is 63.5 Å². The number of piperidine rings is 1. The van der Waals surface area contributed by atoms with Crippen molar-refractivity contribution in [3.63, 3.8) is 0 Å². The number of nitrogens with zero attached hydrogens (tertiary/aromatic N) is 2. The Bertz CT molecular complexity index is 493. The molecule has 0 aromatic heterocycles. The molecule has 0 spiro atoms. The summed E-state index contributed by atoms with van der Waals surface area (Å²) in [5.41, 5.74) is 0.682. The minimum absolute atomic E-state index is 0.0418. The Balaban J connectivity index is 2.14. The molecule has 1 atom stereocenters. The highest BCUT2D eigenvalue weighted by molar-refractivity contribution is 6.30. The van der Waals surface area contributed by atoms with Gasteiger partial charge in [0.05, 0.1) is 4.92 Å². The summed E-state index contributed by atoms with van der Waals surface area (Å²) in [6, 6.07) is 4.72. The molecular formula is C13H15ClN2O3. The monoisotopic (exact) mass is 282 g/mol. The molecule has 0 saturated carbocycles. The lowest BCUT2D eigenvalue weighted by Crippen LogP contribution is -2.35. The normalized spacial score (nSPS) is 20.2. The lowest BCUT2D eigenvalue weighted by molar-refractivity contribution is -0.385. The van der Waals surface area contributed by atoms with Gasteiger partial charge in [0.25, 0.3) is 5.69 Å². The van der Waals surface area contributed by atoms with Crippen LogP contribution in [0.1, 0.15) is 18.4 Å². The van der Waals surface area contributed by atoms with Crippen molar-refractivity contribution >= 4 is 23.6 Å². The van der Waals surface area contributed by atoms with E-state index < -0.39 is 4.92 Å². The minimum atomic E-state index is -0.414. The average Bonchev–Trinajstić information content (AvgIpc) is 2.41. The van der Waals surface area contributed by atoms with E-state index in [0.717, 1.165) is 25.7 Å². The molecule has 6 heteroatoms. The number of nitro benzene ring substituents is 1. The molecule has 1 saturated heterocycles. The largest absolute Gasteiger partial charge is 0.303 e. The number of rotatable bonds is 4. The van der Waals surface area contributed by atoms with Crippen molar-refractivity contribution in [1.29, 1.82) is 0 Å². The van der Waals surface area contributed by atoms with Crippen molar-refractivity contribution in [3.05, 3.63) is 38.9 Å². The van der Waals surface area contributed by atoms with E-state index in [1.165, 1.54) is 6.07 Å². The Morgan fingerprint density at radius 2 is 2.32 bits per heavy atom. The number of hydrogen-bond acceptors (Lipinski definition) is 4. The summed E-state index contributed by atoms with van der Waals surface area (Å²) in [7, 11) is 0. The van der Waals surface area contributed by atoms with Gasteiger partial charge in [-0.1, -0.05) is 11.6 Å². The van der Waals surface area contributed by atoms with Gasteiger partial charge in [-0.25, -0.2) is 0 Å². The smallest absolute Gasteiger partial charge is 0.275 e. The first kappa shape index (κ1) is 14.0. The lowest BCUT2D eigenvalue weighted by atomic mass is 9.99. The van der Waals surface area contributed by atoms with Gasteiger partial charge in [-0.15, -0.1) is 0 Å². The summed E-state index contributed by atoms with van der Waals surface area (Å²) >= 11 is 5.78. The Hall–Kier alpha value is -1.46. The molecule has 1 fully saturated rings. The average molecular weight is 283 g/mol. The Kier molecular flexibility index (Phi) is 4.50. The molecule has 1 aromatic rings. The number of aldehydes is 1. The number of hydrogen-bond donors (Lipinski definition) is 0. The van der Waals surface area contributed by atoms with Gasteiger partial charge in [0.1, 0.15) is 6.29 Å². The number of benzene rings is 1. The van der Waals surface area contributed by atoms with Crippen LogP contribution in [0.3, 0.4) is 0 Å². The number of halogens is 1. The number of carbonyl (C=O) groups excluding carboxylic acids is 1. The second-order valence-electron chi connectivity index (χ2n) is 4.80. The van der Waals surface area contributed by atoms with E-state index >= 15 is 0 Å². The van der Waals surface area contributed by atoms with Gasteiger partial charge in [0.15, 0.2) is 0 Å². The zero-order valence-corrected chi connectivity index (χ0v) is 11.2. The van der Waals surface area contributed by atoms with E-state index in [4.69, 9.17) is 11.6 Å². The highest BCUT2D eigenvalue weighted by Gasteiger charge is 2.22. The first-order chi connectivity index (χ1) is 9.10. The van der Waals surface area contributed by atoms with Gasteiger partial charge in [0, 0.05) is 35.7 Å². The second kappa shape index (κ2) is 6.12. The molecular weight excluding hydrogens is 268 g/mol. The highest BCUT2D eigenvalue weighted by Crippen LogP contribution is 2.26. The summed E-state index contributed by atoms with van der Waals surface area (Å²) in [6.45, 7) is 2.02. The molecule has 1 unspecified atom stereocenters. The first-order valence-electron chi connectivity index (χ1n) is 6.20. The third-order valence-electron chi connectivity index (χ3n) is 3.37. The zero-order chi connectivity index (χ0) is 13.8. The Labute approximate surface area is 116 Å². The Morgan fingerprint density at radius 3 is 3.00 bits per heavy atom. The van der Waals surface area contributed by atoms with Gasteiger partial charge in [-0.05, 0) is 31.5 Å². The van der Waals surface area contributed by atoms with Crippen molar-refractivity contribution in [2.24, 2.45) is 5.92 Å². The van der Waals surface area contributed by atoms with Crippen LogP contribution in [0.5, 0.6) is 0 Å². The third-order valence-corrected chi connectivity index (χ3v) is 3.61. The van der Waals surface area contributed by atoms with Crippen molar-refractivity contribution in [2.45, 2.75) is 19.4 Å². The molecule has 1 aromatic carbocycles. The molecule has 0 N–H and O–H groups in total. The fourth-order valence-electron chi connectivity index (χ4n) is 2.43. The van der Waals surface area contributed by atoms with E-state index in [1.54, 1.807) is 12.1 Å². The second-order valence-corrected chi connectivity index (χ2v) is 5.24. The summed E-state index contributed by atoms with van der Waals surface area (Å²) in [6.07, 6.45) is 2.83. The predicted molar refractivity (Wildman–Crippen MR) is 72.2 cm³/mol. The maximum atomic E-state index is 11.0. The van der Waals surface area contributed by atoms with Crippen LogP contribution >= 0.6 is 11.6 Å². The molecule has 0 amide bonds.